The Labute approximate surface area is 128 Å². The lowest BCUT2D eigenvalue weighted by Crippen LogP contribution is -2.54. The Morgan fingerprint density at radius 3 is 2.38 bits per heavy atom. The predicted molar refractivity (Wildman–Crippen MR) is 85.7 cm³/mol. The average Bonchev–Trinajstić information content (AvgIpc) is 2.91. The second-order valence-corrected chi connectivity index (χ2v) is 7.91. The molecule has 118 valence electrons. The maximum atomic E-state index is 13.2. The Kier molecular flexibility index (Phi) is 4.76. The van der Waals surface area contributed by atoms with Gasteiger partial charge in [0.1, 0.15) is 0 Å². The van der Waals surface area contributed by atoms with Gasteiger partial charge in [-0.3, -0.25) is 0 Å². The van der Waals surface area contributed by atoms with Crippen LogP contribution in [0.25, 0.3) is 0 Å². The second-order valence-electron chi connectivity index (χ2n) is 6.07. The lowest BCUT2D eigenvalue weighted by molar-refractivity contribution is 0.205. The molecule has 0 radical (unpaired) electrons. The number of sulfonamides is 1. The molecule has 0 aliphatic heterocycles. The molecule has 1 aliphatic carbocycles. The summed E-state index contributed by atoms with van der Waals surface area (Å²) in [4.78, 5) is 0.420. The molecule has 21 heavy (non-hydrogen) atoms. The summed E-state index contributed by atoms with van der Waals surface area (Å²) in [5.41, 5.74) is 7.34. The van der Waals surface area contributed by atoms with Crippen LogP contribution in [0.4, 0.5) is 0 Å². The van der Waals surface area contributed by atoms with E-state index in [2.05, 4.69) is 0 Å². The third-order valence-electron chi connectivity index (χ3n) is 4.64. The fourth-order valence-corrected chi connectivity index (χ4v) is 5.61. The van der Waals surface area contributed by atoms with Gasteiger partial charge in [0.25, 0.3) is 0 Å². The van der Waals surface area contributed by atoms with Crippen LogP contribution in [0.5, 0.6) is 0 Å². The van der Waals surface area contributed by atoms with Crippen LogP contribution in [-0.4, -0.2) is 31.4 Å². The lowest BCUT2D eigenvalue weighted by Gasteiger charge is -2.39. The van der Waals surface area contributed by atoms with Crippen LogP contribution in [0, 0.1) is 13.8 Å². The van der Waals surface area contributed by atoms with Gasteiger partial charge < -0.3 is 5.73 Å². The molecule has 0 unspecified atom stereocenters. The van der Waals surface area contributed by atoms with Crippen molar-refractivity contribution in [3.05, 3.63) is 29.3 Å². The quantitative estimate of drug-likeness (QED) is 0.909. The van der Waals surface area contributed by atoms with Crippen molar-refractivity contribution in [3.63, 3.8) is 0 Å². The van der Waals surface area contributed by atoms with Gasteiger partial charge in [-0.2, -0.15) is 4.31 Å². The molecule has 1 saturated carbocycles. The van der Waals surface area contributed by atoms with Crippen molar-refractivity contribution in [1.29, 1.82) is 0 Å². The SMILES string of the molecule is CCN(C1(CN)CCCC1)S(=O)(=O)c1cc(C)ccc1C. The summed E-state index contributed by atoms with van der Waals surface area (Å²) in [6.45, 7) is 6.53. The van der Waals surface area contributed by atoms with E-state index in [0.717, 1.165) is 36.8 Å². The summed E-state index contributed by atoms with van der Waals surface area (Å²) < 4.78 is 28.0. The zero-order valence-electron chi connectivity index (χ0n) is 13.2. The molecule has 1 aliphatic rings. The molecule has 0 heterocycles. The Balaban J connectivity index is 2.52. The van der Waals surface area contributed by atoms with Crippen molar-refractivity contribution in [2.45, 2.75) is 56.9 Å². The van der Waals surface area contributed by atoms with E-state index in [-0.39, 0.29) is 0 Å². The molecule has 0 aromatic heterocycles. The number of hydrogen-bond donors (Lipinski definition) is 1. The largest absolute Gasteiger partial charge is 0.329 e. The number of benzene rings is 1. The minimum atomic E-state index is -3.50. The molecule has 0 amide bonds. The Bertz CT molecular complexity index is 605. The van der Waals surface area contributed by atoms with Crippen molar-refractivity contribution in [2.24, 2.45) is 5.73 Å². The predicted octanol–water partition coefficient (Wildman–Crippen LogP) is 2.59. The molecule has 0 saturated heterocycles. The van der Waals surface area contributed by atoms with Crippen LogP contribution < -0.4 is 5.73 Å². The van der Waals surface area contributed by atoms with E-state index >= 15 is 0 Å². The highest BCUT2D eigenvalue weighted by Crippen LogP contribution is 2.38. The van der Waals surface area contributed by atoms with Crippen LogP contribution in [-0.2, 0) is 10.0 Å². The van der Waals surface area contributed by atoms with Gasteiger partial charge in [0.2, 0.25) is 10.0 Å². The lowest BCUT2D eigenvalue weighted by atomic mass is 9.98. The minimum Gasteiger partial charge on any atom is -0.329 e. The molecule has 0 spiro atoms. The highest BCUT2D eigenvalue weighted by Gasteiger charge is 2.44. The van der Waals surface area contributed by atoms with Gasteiger partial charge in [-0.1, -0.05) is 31.9 Å². The summed E-state index contributed by atoms with van der Waals surface area (Å²) in [6, 6.07) is 5.59. The summed E-state index contributed by atoms with van der Waals surface area (Å²) >= 11 is 0. The Morgan fingerprint density at radius 2 is 1.86 bits per heavy atom. The Hall–Kier alpha value is -0.910. The molecule has 5 heteroatoms. The van der Waals surface area contributed by atoms with Crippen molar-refractivity contribution < 1.29 is 8.42 Å². The zero-order chi connectivity index (χ0) is 15.7. The first-order valence-electron chi connectivity index (χ1n) is 7.67. The van der Waals surface area contributed by atoms with Gasteiger partial charge >= 0.3 is 0 Å². The van der Waals surface area contributed by atoms with Gasteiger partial charge in [-0.25, -0.2) is 8.42 Å². The van der Waals surface area contributed by atoms with Crippen LogP contribution in [0.2, 0.25) is 0 Å². The van der Waals surface area contributed by atoms with Gasteiger partial charge in [0.05, 0.1) is 4.90 Å². The fraction of sp³-hybridized carbons (Fsp3) is 0.625. The topological polar surface area (TPSA) is 63.4 Å². The molecule has 2 N–H and O–H groups in total. The number of aryl methyl sites for hydroxylation is 2. The normalized spacial score (nSPS) is 18.3. The molecule has 0 atom stereocenters. The number of likely N-dealkylation sites (N-methyl/N-ethyl adjacent to an activating group) is 1. The van der Waals surface area contributed by atoms with Crippen LogP contribution in [0.3, 0.4) is 0 Å². The van der Waals surface area contributed by atoms with Crippen molar-refractivity contribution in [1.82, 2.24) is 4.31 Å². The van der Waals surface area contributed by atoms with Gasteiger partial charge in [-0.15, -0.1) is 0 Å². The monoisotopic (exact) mass is 310 g/mol. The van der Waals surface area contributed by atoms with E-state index in [4.69, 9.17) is 5.73 Å². The molecule has 1 aromatic rings. The van der Waals surface area contributed by atoms with Gasteiger partial charge in [0.15, 0.2) is 0 Å². The molecular formula is C16H26N2O2S. The van der Waals surface area contributed by atoms with Crippen molar-refractivity contribution in [2.75, 3.05) is 13.1 Å². The second kappa shape index (κ2) is 6.07. The van der Waals surface area contributed by atoms with Crippen LogP contribution in [0.15, 0.2) is 23.1 Å². The highest BCUT2D eigenvalue weighted by molar-refractivity contribution is 7.89. The van der Waals surface area contributed by atoms with Crippen molar-refractivity contribution >= 4 is 10.0 Å². The van der Waals surface area contributed by atoms with E-state index in [1.54, 1.807) is 10.4 Å². The molecule has 2 rings (SSSR count). The number of hydrogen-bond acceptors (Lipinski definition) is 3. The van der Waals surface area contributed by atoms with Gasteiger partial charge in [-0.05, 0) is 43.9 Å². The zero-order valence-corrected chi connectivity index (χ0v) is 14.0. The number of nitrogens with two attached hydrogens (primary N) is 1. The minimum absolute atomic E-state index is 0.394. The summed E-state index contributed by atoms with van der Waals surface area (Å²) in [6.07, 6.45) is 3.83. The third-order valence-corrected chi connectivity index (χ3v) is 6.86. The smallest absolute Gasteiger partial charge is 0.243 e. The van der Waals surface area contributed by atoms with E-state index in [1.807, 2.05) is 32.9 Å². The molecule has 1 fully saturated rings. The first kappa shape index (κ1) is 16.5. The summed E-state index contributed by atoms with van der Waals surface area (Å²) in [5, 5.41) is 0. The third kappa shape index (κ3) is 2.87. The first-order valence-corrected chi connectivity index (χ1v) is 9.11. The first-order chi connectivity index (χ1) is 9.87. The standard InChI is InChI=1S/C16H26N2O2S/c1-4-18(16(12-17)9-5-6-10-16)21(19,20)15-11-13(2)7-8-14(15)3/h7-8,11H,4-6,9-10,12,17H2,1-3H3. The molecule has 1 aromatic carbocycles. The highest BCUT2D eigenvalue weighted by atomic mass is 32.2. The Morgan fingerprint density at radius 1 is 1.24 bits per heavy atom. The summed E-state index contributed by atoms with van der Waals surface area (Å²) in [5.74, 6) is 0. The van der Waals surface area contributed by atoms with Crippen molar-refractivity contribution in [3.8, 4) is 0 Å². The maximum absolute atomic E-state index is 13.2. The van der Waals surface area contributed by atoms with E-state index in [0.29, 0.717) is 18.0 Å². The van der Waals surface area contributed by atoms with E-state index in [9.17, 15) is 8.42 Å². The van der Waals surface area contributed by atoms with Crippen LogP contribution >= 0.6 is 0 Å². The number of rotatable bonds is 5. The molecule has 0 bridgehead atoms. The fourth-order valence-electron chi connectivity index (χ4n) is 3.45. The number of nitrogens with zero attached hydrogens (tertiary/aromatic N) is 1. The molecule has 4 nitrogen and oxygen atoms in total. The molecular weight excluding hydrogens is 284 g/mol. The van der Waals surface area contributed by atoms with E-state index in [1.165, 1.54) is 0 Å². The van der Waals surface area contributed by atoms with E-state index < -0.39 is 15.6 Å². The summed E-state index contributed by atoms with van der Waals surface area (Å²) in [7, 11) is -3.50. The maximum Gasteiger partial charge on any atom is 0.243 e. The average molecular weight is 310 g/mol. The van der Waals surface area contributed by atoms with Crippen LogP contribution in [0.1, 0.15) is 43.7 Å². The van der Waals surface area contributed by atoms with Gasteiger partial charge in [0, 0.05) is 18.6 Å².